The summed E-state index contributed by atoms with van der Waals surface area (Å²) in [5, 5.41) is 6.61. The van der Waals surface area contributed by atoms with Gasteiger partial charge in [-0.2, -0.15) is 5.10 Å². The van der Waals surface area contributed by atoms with Gasteiger partial charge in [-0.25, -0.2) is 8.78 Å². The highest BCUT2D eigenvalue weighted by Gasteiger charge is 2.14. The Morgan fingerprint density at radius 1 is 1.38 bits per heavy atom. The third kappa shape index (κ3) is 1.52. The van der Waals surface area contributed by atoms with E-state index in [2.05, 4.69) is 32.8 Å². The average molecular weight is 294 g/mol. The number of nitrogens with zero attached hydrogens (tertiary/aromatic N) is 1. The van der Waals surface area contributed by atoms with E-state index in [-0.39, 0.29) is 5.69 Å². The topological polar surface area (TPSA) is 28.7 Å². The van der Waals surface area contributed by atoms with Crippen molar-refractivity contribution < 1.29 is 8.78 Å². The van der Waals surface area contributed by atoms with Crippen molar-refractivity contribution in [2.45, 2.75) is 6.43 Å². The van der Waals surface area contributed by atoms with E-state index < -0.39 is 6.43 Å². The summed E-state index contributed by atoms with van der Waals surface area (Å²) in [5.41, 5.74) is 0.476. The summed E-state index contributed by atoms with van der Waals surface area (Å²) < 4.78 is 25.7. The molecule has 1 heterocycles. The summed E-state index contributed by atoms with van der Waals surface area (Å²) in [5.74, 6) is 0. The number of aromatic nitrogens is 2. The Hall–Kier alpha value is -0.720. The monoisotopic (exact) mass is 294 g/mol. The molecule has 13 heavy (non-hydrogen) atoms. The molecule has 0 aliphatic carbocycles. The molecular formula is C8H5F2IN2. The maximum Gasteiger partial charge on any atom is 0.280 e. The minimum atomic E-state index is -2.50. The lowest BCUT2D eigenvalue weighted by atomic mass is 10.2. The fourth-order valence-corrected chi connectivity index (χ4v) is 1.66. The third-order valence-corrected chi connectivity index (χ3v) is 2.43. The Balaban J connectivity index is 2.71. The number of hydrogen-bond acceptors (Lipinski definition) is 1. The number of alkyl halides is 2. The van der Waals surface area contributed by atoms with Crippen LogP contribution in [0.15, 0.2) is 18.2 Å². The van der Waals surface area contributed by atoms with Gasteiger partial charge in [0.15, 0.2) is 0 Å². The standard InChI is InChI=1S/C8H5F2IN2/c9-8(10)7-5-3-4(11)1-2-6(5)12-13-7/h1-3,8H,(H,12,13). The minimum absolute atomic E-state index is 0.103. The Morgan fingerprint density at radius 3 is 2.85 bits per heavy atom. The van der Waals surface area contributed by atoms with Crippen molar-refractivity contribution in [1.82, 2.24) is 10.2 Å². The predicted octanol–water partition coefficient (Wildman–Crippen LogP) is 3.11. The number of H-pyrrole nitrogens is 1. The molecule has 0 aliphatic rings. The van der Waals surface area contributed by atoms with Crippen LogP contribution in [0.25, 0.3) is 10.9 Å². The van der Waals surface area contributed by atoms with E-state index in [9.17, 15) is 8.78 Å². The molecule has 0 spiro atoms. The van der Waals surface area contributed by atoms with Crippen LogP contribution >= 0.6 is 22.6 Å². The molecule has 1 N–H and O–H groups in total. The molecule has 0 saturated carbocycles. The maximum absolute atomic E-state index is 12.4. The number of halogens is 3. The van der Waals surface area contributed by atoms with Gasteiger partial charge < -0.3 is 0 Å². The van der Waals surface area contributed by atoms with Gasteiger partial charge in [-0.3, -0.25) is 5.10 Å². The molecule has 2 rings (SSSR count). The average Bonchev–Trinajstić information content (AvgIpc) is 2.46. The van der Waals surface area contributed by atoms with Gasteiger partial charge in [0.1, 0.15) is 5.69 Å². The molecule has 0 atom stereocenters. The quantitative estimate of drug-likeness (QED) is 0.804. The lowest BCUT2D eigenvalue weighted by Gasteiger charge is -1.95. The number of nitrogens with one attached hydrogen (secondary N) is 1. The van der Waals surface area contributed by atoms with Crippen molar-refractivity contribution in [2.75, 3.05) is 0 Å². The van der Waals surface area contributed by atoms with Gasteiger partial charge in [-0.15, -0.1) is 0 Å². The predicted molar refractivity (Wildman–Crippen MR) is 53.8 cm³/mol. The third-order valence-electron chi connectivity index (χ3n) is 1.76. The molecule has 2 nitrogen and oxygen atoms in total. The summed E-state index contributed by atoms with van der Waals surface area (Å²) >= 11 is 2.08. The fourth-order valence-electron chi connectivity index (χ4n) is 1.17. The second-order valence-corrected chi connectivity index (χ2v) is 3.85. The molecule has 0 saturated heterocycles. The summed E-state index contributed by atoms with van der Waals surface area (Å²) in [4.78, 5) is 0. The lowest BCUT2D eigenvalue weighted by molar-refractivity contribution is 0.147. The molecule has 1 aromatic carbocycles. The smallest absolute Gasteiger partial charge is 0.276 e. The number of benzene rings is 1. The zero-order chi connectivity index (χ0) is 9.42. The van der Waals surface area contributed by atoms with Crippen molar-refractivity contribution in [1.29, 1.82) is 0 Å². The highest BCUT2D eigenvalue weighted by atomic mass is 127. The van der Waals surface area contributed by atoms with Crippen LogP contribution in [0.2, 0.25) is 0 Å². The summed E-state index contributed by atoms with van der Waals surface area (Å²) in [6.07, 6.45) is -2.50. The maximum atomic E-state index is 12.4. The molecule has 5 heteroatoms. The van der Waals surface area contributed by atoms with E-state index in [1.165, 1.54) is 0 Å². The number of hydrogen-bond donors (Lipinski definition) is 1. The first kappa shape index (κ1) is 8.86. The summed E-state index contributed by atoms with van der Waals surface area (Å²) in [7, 11) is 0. The second-order valence-electron chi connectivity index (χ2n) is 2.60. The molecule has 0 fully saturated rings. The number of fused-ring (bicyclic) bond motifs is 1. The zero-order valence-electron chi connectivity index (χ0n) is 6.39. The van der Waals surface area contributed by atoms with E-state index in [1.807, 2.05) is 6.07 Å². The van der Waals surface area contributed by atoms with Crippen LogP contribution < -0.4 is 0 Å². The molecule has 0 amide bonds. The van der Waals surface area contributed by atoms with E-state index in [1.54, 1.807) is 12.1 Å². The number of rotatable bonds is 1. The molecular weight excluding hydrogens is 289 g/mol. The number of aromatic amines is 1. The largest absolute Gasteiger partial charge is 0.280 e. The van der Waals surface area contributed by atoms with Gasteiger partial charge in [-0.1, -0.05) is 0 Å². The molecule has 1 aromatic heterocycles. The van der Waals surface area contributed by atoms with E-state index >= 15 is 0 Å². The van der Waals surface area contributed by atoms with Crippen LogP contribution in [0.4, 0.5) is 8.78 Å². The second kappa shape index (κ2) is 3.21. The normalized spacial score (nSPS) is 11.4. The Labute approximate surface area is 86.5 Å². The van der Waals surface area contributed by atoms with E-state index in [0.29, 0.717) is 10.9 Å². The van der Waals surface area contributed by atoms with Crippen LogP contribution in [0.5, 0.6) is 0 Å². The van der Waals surface area contributed by atoms with Crippen molar-refractivity contribution in [3.05, 3.63) is 27.5 Å². The lowest BCUT2D eigenvalue weighted by Crippen LogP contribution is -1.84. The van der Waals surface area contributed by atoms with Gasteiger partial charge in [0, 0.05) is 8.96 Å². The van der Waals surface area contributed by atoms with Crippen molar-refractivity contribution in [3.8, 4) is 0 Å². The molecule has 68 valence electrons. The summed E-state index contributed by atoms with van der Waals surface area (Å²) in [6.45, 7) is 0. The van der Waals surface area contributed by atoms with Crippen molar-refractivity contribution >= 4 is 33.5 Å². The van der Waals surface area contributed by atoms with E-state index in [0.717, 1.165) is 3.57 Å². The van der Waals surface area contributed by atoms with Crippen LogP contribution in [0.3, 0.4) is 0 Å². The van der Waals surface area contributed by atoms with Gasteiger partial charge in [0.2, 0.25) is 0 Å². The van der Waals surface area contributed by atoms with Crippen molar-refractivity contribution in [3.63, 3.8) is 0 Å². The van der Waals surface area contributed by atoms with Crippen LogP contribution in [-0.4, -0.2) is 10.2 Å². The first-order valence-corrected chi connectivity index (χ1v) is 4.68. The first-order chi connectivity index (χ1) is 6.18. The van der Waals surface area contributed by atoms with Crippen LogP contribution in [0, 0.1) is 3.57 Å². The van der Waals surface area contributed by atoms with Crippen molar-refractivity contribution in [2.24, 2.45) is 0 Å². The van der Waals surface area contributed by atoms with Gasteiger partial charge in [-0.05, 0) is 40.8 Å². The molecule has 0 bridgehead atoms. The fraction of sp³-hybridized carbons (Fsp3) is 0.125. The van der Waals surface area contributed by atoms with Gasteiger partial charge >= 0.3 is 0 Å². The SMILES string of the molecule is FC(F)c1[nH]nc2ccc(I)cc12. The Bertz CT molecular complexity index is 439. The molecule has 0 radical (unpaired) electrons. The van der Waals surface area contributed by atoms with Crippen LogP contribution in [-0.2, 0) is 0 Å². The van der Waals surface area contributed by atoms with Gasteiger partial charge in [0.05, 0.1) is 5.52 Å². The Kier molecular flexibility index (Phi) is 2.19. The zero-order valence-corrected chi connectivity index (χ0v) is 8.55. The Morgan fingerprint density at radius 2 is 2.15 bits per heavy atom. The highest BCUT2D eigenvalue weighted by molar-refractivity contribution is 14.1. The first-order valence-electron chi connectivity index (χ1n) is 3.60. The molecule has 2 aromatic rings. The molecule has 0 unspecified atom stereocenters. The highest BCUT2D eigenvalue weighted by Crippen LogP contribution is 2.26. The molecule has 0 aliphatic heterocycles. The van der Waals surface area contributed by atoms with Crippen LogP contribution in [0.1, 0.15) is 12.1 Å². The minimum Gasteiger partial charge on any atom is -0.276 e. The van der Waals surface area contributed by atoms with Gasteiger partial charge in [0.25, 0.3) is 6.43 Å². The summed E-state index contributed by atoms with van der Waals surface area (Å²) in [6, 6.07) is 5.25. The van der Waals surface area contributed by atoms with E-state index in [4.69, 9.17) is 0 Å².